The summed E-state index contributed by atoms with van der Waals surface area (Å²) in [7, 11) is 1.70. The molecular formula is C21H25ClN4O2S. The van der Waals surface area contributed by atoms with Crippen molar-refractivity contribution >= 4 is 45.9 Å². The van der Waals surface area contributed by atoms with E-state index in [0.29, 0.717) is 11.8 Å². The molecule has 1 atom stereocenters. The normalized spacial score (nSPS) is 17.0. The minimum Gasteiger partial charge on any atom is -0.380 e. The number of aromatic nitrogens is 3. The monoisotopic (exact) mass is 432 g/mol. The SMILES string of the molecule is COCc1ccc(Nc2cc(Cl)nc3c2nc(C)n3C2CCCCO2)c(SC)c1. The number of hydrogen-bond donors (Lipinski definition) is 1. The molecular weight excluding hydrogens is 408 g/mol. The summed E-state index contributed by atoms with van der Waals surface area (Å²) < 4.78 is 13.3. The van der Waals surface area contributed by atoms with Gasteiger partial charge >= 0.3 is 0 Å². The van der Waals surface area contributed by atoms with Crippen LogP contribution in [0, 0.1) is 6.92 Å². The summed E-state index contributed by atoms with van der Waals surface area (Å²) in [4.78, 5) is 10.5. The maximum absolute atomic E-state index is 6.40. The van der Waals surface area contributed by atoms with Crippen LogP contribution in [0.25, 0.3) is 11.2 Å². The summed E-state index contributed by atoms with van der Waals surface area (Å²) in [5.74, 6) is 0.880. The Balaban J connectivity index is 1.75. The van der Waals surface area contributed by atoms with Crippen molar-refractivity contribution in [1.29, 1.82) is 0 Å². The number of fused-ring (bicyclic) bond motifs is 1. The third kappa shape index (κ3) is 4.23. The molecule has 2 aromatic heterocycles. The van der Waals surface area contributed by atoms with Crippen LogP contribution in [0.4, 0.5) is 11.4 Å². The van der Waals surface area contributed by atoms with E-state index in [0.717, 1.165) is 64.7 Å². The van der Waals surface area contributed by atoms with Crippen molar-refractivity contribution in [3.63, 3.8) is 0 Å². The molecule has 1 unspecified atom stereocenters. The molecule has 1 aliphatic rings. The fraction of sp³-hybridized carbons (Fsp3) is 0.429. The number of halogens is 1. The highest BCUT2D eigenvalue weighted by Crippen LogP contribution is 2.35. The van der Waals surface area contributed by atoms with E-state index in [9.17, 15) is 0 Å². The molecule has 0 amide bonds. The van der Waals surface area contributed by atoms with Gasteiger partial charge in [0.15, 0.2) is 5.65 Å². The number of nitrogens with one attached hydrogen (secondary N) is 1. The van der Waals surface area contributed by atoms with E-state index < -0.39 is 0 Å². The lowest BCUT2D eigenvalue weighted by Gasteiger charge is -2.25. The molecule has 6 nitrogen and oxygen atoms in total. The number of methoxy groups -OCH3 is 1. The predicted octanol–water partition coefficient (Wildman–Crippen LogP) is 5.70. The van der Waals surface area contributed by atoms with Gasteiger partial charge in [0.1, 0.15) is 22.7 Å². The van der Waals surface area contributed by atoms with Crippen molar-refractivity contribution in [2.45, 2.75) is 43.9 Å². The van der Waals surface area contributed by atoms with Gasteiger partial charge in [0.25, 0.3) is 0 Å². The van der Waals surface area contributed by atoms with E-state index in [2.05, 4.69) is 39.3 Å². The number of aryl methyl sites for hydroxylation is 1. The fourth-order valence-electron chi connectivity index (χ4n) is 3.75. The number of imidazole rings is 1. The number of rotatable bonds is 6. The van der Waals surface area contributed by atoms with Gasteiger partial charge in [-0.1, -0.05) is 17.7 Å². The summed E-state index contributed by atoms with van der Waals surface area (Å²) in [6, 6.07) is 8.09. The first-order valence-electron chi connectivity index (χ1n) is 9.70. The Kier molecular flexibility index (Phi) is 6.29. The number of pyridine rings is 1. The molecule has 1 aliphatic heterocycles. The maximum Gasteiger partial charge on any atom is 0.166 e. The van der Waals surface area contributed by atoms with Crippen LogP contribution in [0.3, 0.4) is 0 Å². The summed E-state index contributed by atoms with van der Waals surface area (Å²) in [5, 5.41) is 3.95. The average molecular weight is 433 g/mol. The molecule has 0 spiro atoms. The van der Waals surface area contributed by atoms with Gasteiger partial charge in [-0.3, -0.25) is 4.57 Å². The summed E-state index contributed by atoms with van der Waals surface area (Å²) >= 11 is 8.08. The highest BCUT2D eigenvalue weighted by molar-refractivity contribution is 7.98. The maximum atomic E-state index is 6.40. The molecule has 29 heavy (non-hydrogen) atoms. The van der Waals surface area contributed by atoms with E-state index in [1.807, 2.05) is 13.0 Å². The molecule has 1 N–H and O–H groups in total. The molecule has 0 bridgehead atoms. The van der Waals surface area contributed by atoms with Crippen molar-refractivity contribution in [2.24, 2.45) is 0 Å². The van der Waals surface area contributed by atoms with E-state index in [1.165, 1.54) is 0 Å². The average Bonchev–Trinajstić information content (AvgIpc) is 3.05. The highest BCUT2D eigenvalue weighted by atomic mass is 35.5. The zero-order chi connectivity index (χ0) is 20.4. The van der Waals surface area contributed by atoms with Gasteiger partial charge < -0.3 is 14.8 Å². The van der Waals surface area contributed by atoms with Crippen molar-refractivity contribution < 1.29 is 9.47 Å². The van der Waals surface area contributed by atoms with Crippen LogP contribution in [-0.4, -0.2) is 34.5 Å². The summed E-state index contributed by atoms with van der Waals surface area (Å²) in [5.41, 5.74) is 4.53. The molecule has 3 heterocycles. The van der Waals surface area contributed by atoms with E-state index in [4.69, 9.17) is 26.1 Å². The van der Waals surface area contributed by atoms with Gasteiger partial charge in [-0.15, -0.1) is 11.8 Å². The minimum absolute atomic E-state index is 0.0392. The third-order valence-corrected chi connectivity index (χ3v) is 6.05. The second kappa shape index (κ2) is 8.92. The van der Waals surface area contributed by atoms with Gasteiger partial charge in [0, 0.05) is 24.7 Å². The molecule has 154 valence electrons. The van der Waals surface area contributed by atoms with Gasteiger partial charge in [-0.2, -0.15) is 0 Å². The first-order chi connectivity index (χ1) is 14.1. The summed E-state index contributed by atoms with van der Waals surface area (Å²) in [6.07, 6.45) is 5.22. The Labute approximate surface area is 180 Å². The Bertz CT molecular complexity index is 1020. The van der Waals surface area contributed by atoms with Crippen LogP contribution in [-0.2, 0) is 16.1 Å². The van der Waals surface area contributed by atoms with E-state index in [1.54, 1.807) is 18.9 Å². The molecule has 1 aromatic carbocycles. The number of thioether (sulfide) groups is 1. The lowest BCUT2D eigenvalue weighted by atomic mass is 10.2. The van der Waals surface area contributed by atoms with E-state index in [-0.39, 0.29) is 6.23 Å². The van der Waals surface area contributed by atoms with Crippen LogP contribution in [0.2, 0.25) is 5.15 Å². The van der Waals surface area contributed by atoms with Crippen molar-refractivity contribution in [3.8, 4) is 0 Å². The lowest BCUT2D eigenvalue weighted by molar-refractivity contribution is -0.0309. The molecule has 3 aromatic rings. The quantitative estimate of drug-likeness (QED) is 0.398. The van der Waals surface area contributed by atoms with Gasteiger partial charge in [0.2, 0.25) is 0 Å². The van der Waals surface area contributed by atoms with Crippen LogP contribution in [0.1, 0.15) is 36.9 Å². The van der Waals surface area contributed by atoms with Gasteiger partial charge in [0.05, 0.1) is 18.0 Å². The van der Waals surface area contributed by atoms with Crippen molar-refractivity contribution in [3.05, 3.63) is 40.8 Å². The number of anilines is 2. The molecule has 0 aliphatic carbocycles. The van der Waals surface area contributed by atoms with Crippen molar-refractivity contribution in [1.82, 2.24) is 14.5 Å². The Morgan fingerprint density at radius 3 is 2.86 bits per heavy atom. The van der Waals surface area contributed by atoms with E-state index >= 15 is 0 Å². The Morgan fingerprint density at radius 2 is 2.14 bits per heavy atom. The lowest BCUT2D eigenvalue weighted by Crippen LogP contribution is -2.19. The van der Waals surface area contributed by atoms with Gasteiger partial charge in [-0.25, -0.2) is 9.97 Å². The fourth-order valence-corrected chi connectivity index (χ4v) is 4.55. The summed E-state index contributed by atoms with van der Waals surface area (Å²) in [6.45, 7) is 3.34. The second-order valence-electron chi connectivity index (χ2n) is 7.11. The smallest absolute Gasteiger partial charge is 0.166 e. The van der Waals surface area contributed by atoms with Crippen LogP contribution >= 0.6 is 23.4 Å². The molecule has 1 saturated heterocycles. The minimum atomic E-state index is -0.0392. The first-order valence-corrected chi connectivity index (χ1v) is 11.3. The molecule has 0 radical (unpaired) electrons. The molecule has 4 rings (SSSR count). The van der Waals surface area contributed by atoms with Crippen LogP contribution < -0.4 is 5.32 Å². The van der Waals surface area contributed by atoms with Crippen molar-refractivity contribution in [2.75, 3.05) is 25.3 Å². The first kappa shape index (κ1) is 20.5. The molecule has 1 fully saturated rings. The zero-order valence-electron chi connectivity index (χ0n) is 16.9. The standard InChI is InChI=1S/C21H25ClN4O2S/c1-13-23-20-16(24-15-8-7-14(12-27-2)10-17(15)29-3)11-18(22)25-21(20)26(13)19-6-4-5-9-28-19/h7-8,10-11,19H,4-6,9,12H2,1-3H3,(H,24,25). The van der Waals surface area contributed by atoms with Crippen LogP contribution in [0.15, 0.2) is 29.2 Å². The Morgan fingerprint density at radius 1 is 1.28 bits per heavy atom. The van der Waals surface area contributed by atoms with Gasteiger partial charge in [-0.05, 0) is 50.1 Å². The highest BCUT2D eigenvalue weighted by Gasteiger charge is 2.23. The number of hydrogen-bond acceptors (Lipinski definition) is 6. The Hall–Kier alpha value is -1.80. The molecule has 0 saturated carbocycles. The topological polar surface area (TPSA) is 61.2 Å². The number of benzene rings is 1. The third-order valence-electron chi connectivity index (χ3n) is 5.08. The zero-order valence-corrected chi connectivity index (χ0v) is 18.4. The second-order valence-corrected chi connectivity index (χ2v) is 8.34. The largest absolute Gasteiger partial charge is 0.380 e. The number of nitrogens with zero attached hydrogens (tertiary/aromatic N) is 3. The molecule has 8 heteroatoms. The predicted molar refractivity (Wildman–Crippen MR) is 118 cm³/mol. The number of ether oxygens (including phenoxy) is 2. The van der Waals surface area contributed by atoms with Crippen LogP contribution in [0.5, 0.6) is 0 Å².